The van der Waals surface area contributed by atoms with Crippen molar-refractivity contribution in [2.24, 2.45) is 5.92 Å². The Bertz CT molecular complexity index is 947. The van der Waals surface area contributed by atoms with Crippen molar-refractivity contribution in [3.8, 4) is 11.1 Å². The van der Waals surface area contributed by atoms with Gasteiger partial charge in [-0.2, -0.15) is 0 Å². The maximum Gasteiger partial charge on any atom is 0.409 e. The summed E-state index contributed by atoms with van der Waals surface area (Å²) in [6.45, 7) is 4.72. The molecule has 7 nitrogen and oxygen atoms in total. The largest absolute Gasteiger partial charge is 0.453 e. The second kappa shape index (κ2) is 10.6. The van der Waals surface area contributed by atoms with Crippen LogP contribution < -0.4 is 0 Å². The molecule has 0 aliphatic carbocycles. The van der Waals surface area contributed by atoms with Crippen molar-refractivity contribution in [2.75, 3.05) is 33.9 Å². The maximum atomic E-state index is 13.7. The summed E-state index contributed by atoms with van der Waals surface area (Å²) in [4.78, 5) is 28.9. The van der Waals surface area contributed by atoms with Gasteiger partial charge >= 0.3 is 6.09 Å². The number of fused-ring (bicyclic) bond motifs is 3. The molecule has 1 N–H and O–H groups in total. The van der Waals surface area contributed by atoms with Gasteiger partial charge < -0.3 is 24.4 Å². The minimum absolute atomic E-state index is 0.0996. The topological polar surface area (TPSA) is 79.3 Å². The molecule has 0 bridgehead atoms. The van der Waals surface area contributed by atoms with E-state index < -0.39 is 6.09 Å². The molecule has 0 radical (unpaired) electrons. The van der Waals surface area contributed by atoms with Crippen LogP contribution in [0.5, 0.6) is 0 Å². The van der Waals surface area contributed by atoms with Gasteiger partial charge in [0.25, 0.3) is 5.91 Å². The molecule has 0 unspecified atom stereocenters. The zero-order valence-corrected chi connectivity index (χ0v) is 19.2. The first-order valence-electron chi connectivity index (χ1n) is 10.9. The van der Waals surface area contributed by atoms with Crippen LogP contribution in [0.2, 0.25) is 0 Å². The van der Waals surface area contributed by atoms with Crippen molar-refractivity contribution in [3.05, 3.63) is 59.7 Å². The number of carbonyl (C=O) groups excluding carboxylic acids is 2. The first-order chi connectivity index (χ1) is 15.4. The lowest BCUT2D eigenvalue weighted by atomic mass is 9.94. The number of carbonyl (C=O) groups is 2. The number of likely N-dealkylation sites (N-methyl/N-ethyl adjacent to an activating group) is 1. The molecule has 3 atom stereocenters. The van der Waals surface area contributed by atoms with Crippen LogP contribution in [0.1, 0.15) is 29.8 Å². The fourth-order valence-corrected chi connectivity index (χ4v) is 4.05. The van der Waals surface area contributed by atoms with E-state index in [-0.39, 0.29) is 30.6 Å². The maximum absolute atomic E-state index is 13.7. The van der Waals surface area contributed by atoms with Gasteiger partial charge in [0.1, 0.15) is 0 Å². The van der Waals surface area contributed by atoms with Crippen LogP contribution in [-0.2, 0) is 16.1 Å². The van der Waals surface area contributed by atoms with Crippen molar-refractivity contribution in [2.45, 2.75) is 32.6 Å². The average Bonchev–Trinajstić information content (AvgIpc) is 2.84. The van der Waals surface area contributed by atoms with Gasteiger partial charge in [-0.05, 0) is 29.7 Å². The number of aliphatic hydroxyl groups is 1. The molecule has 0 saturated carbocycles. The SMILES string of the molecule is COC(=O)N(C)C[C@@H]1OCc2ccccc2-c2ccccc2C(=O)N([C@H](C)CO)C[C@H]1C. The summed E-state index contributed by atoms with van der Waals surface area (Å²) in [6, 6.07) is 15.1. The minimum atomic E-state index is -0.445. The number of hydrogen-bond donors (Lipinski definition) is 1. The van der Waals surface area contributed by atoms with E-state index >= 15 is 0 Å². The number of benzene rings is 2. The molecule has 1 aliphatic rings. The summed E-state index contributed by atoms with van der Waals surface area (Å²) in [7, 11) is 3.01. The third-order valence-electron chi connectivity index (χ3n) is 6.03. The van der Waals surface area contributed by atoms with Crippen molar-refractivity contribution in [1.82, 2.24) is 9.80 Å². The van der Waals surface area contributed by atoms with E-state index in [1.807, 2.05) is 62.4 Å². The molecule has 1 heterocycles. The van der Waals surface area contributed by atoms with Crippen molar-refractivity contribution >= 4 is 12.0 Å². The van der Waals surface area contributed by atoms with Crippen LogP contribution in [0.4, 0.5) is 4.79 Å². The van der Waals surface area contributed by atoms with Gasteiger partial charge in [-0.25, -0.2) is 4.79 Å². The standard InChI is InChI=1S/C25H32N2O5/c1-17-13-27(18(2)15-28)24(29)22-12-8-7-11-21(22)20-10-6-5-9-19(20)16-32-23(17)14-26(3)25(30)31-4/h5-12,17-18,23,28H,13-16H2,1-4H3/t17-,18-,23+/m1/s1. The van der Waals surface area contributed by atoms with E-state index in [1.54, 1.807) is 11.9 Å². The smallest absolute Gasteiger partial charge is 0.409 e. The Hall–Kier alpha value is -2.90. The van der Waals surface area contributed by atoms with Crippen molar-refractivity contribution in [3.63, 3.8) is 0 Å². The average molecular weight is 441 g/mol. The number of amides is 2. The minimum Gasteiger partial charge on any atom is -0.453 e. The first-order valence-corrected chi connectivity index (χ1v) is 10.9. The number of ether oxygens (including phenoxy) is 2. The number of rotatable bonds is 4. The van der Waals surface area contributed by atoms with E-state index in [2.05, 4.69) is 0 Å². The predicted octanol–water partition coefficient (Wildman–Crippen LogP) is 3.41. The molecule has 32 heavy (non-hydrogen) atoms. The fourth-order valence-electron chi connectivity index (χ4n) is 4.05. The molecular formula is C25H32N2O5. The number of aliphatic hydroxyl groups excluding tert-OH is 1. The Morgan fingerprint density at radius 3 is 2.47 bits per heavy atom. The highest BCUT2D eigenvalue weighted by Crippen LogP contribution is 2.31. The van der Waals surface area contributed by atoms with Crippen LogP contribution in [-0.4, -0.2) is 72.9 Å². The van der Waals surface area contributed by atoms with Gasteiger partial charge in [0.2, 0.25) is 0 Å². The number of methoxy groups -OCH3 is 1. The van der Waals surface area contributed by atoms with Crippen LogP contribution in [0.15, 0.2) is 48.5 Å². The van der Waals surface area contributed by atoms with Crippen molar-refractivity contribution < 1.29 is 24.2 Å². The Balaban J connectivity index is 2.08. The molecule has 2 aromatic carbocycles. The molecular weight excluding hydrogens is 408 g/mol. The highest BCUT2D eigenvalue weighted by molar-refractivity contribution is 6.01. The van der Waals surface area contributed by atoms with E-state index in [4.69, 9.17) is 9.47 Å². The number of hydrogen-bond acceptors (Lipinski definition) is 5. The quantitative estimate of drug-likeness (QED) is 0.788. The zero-order chi connectivity index (χ0) is 23.3. The Labute approximate surface area is 189 Å². The zero-order valence-electron chi connectivity index (χ0n) is 19.2. The lowest BCUT2D eigenvalue weighted by molar-refractivity contribution is -0.0219. The van der Waals surface area contributed by atoms with Gasteiger partial charge in [0.05, 0.1) is 39.0 Å². The second-order valence-electron chi connectivity index (χ2n) is 8.37. The molecule has 3 rings (SSSR count). The molecule has 0 saturated heterocycles. The molecule has 0 aromatic heterocycles. The van der Waals surface area contributed by atoms with Crippen LogP contribution in [0.3, 0.4) is 0 Å². The molecule has 7 heteroatoms. The molecule has 0 spiro atoms. The van der Waals surface area contributed by atoms with Crippen molar-refractivity contribution in [1.29, 1.82) is 0 Å². The van der Waals surface area contributed by atoms with E-state index in [0.717, 1.165) is 16.7 Å². The molecule has 0 fully saturated rings. The summed E-state index contributed by atoms with van der Waals surface area (Å²) < 4.78 is 11.2. The van der Waals surface area contributed by atoms with Gasteiger partial charge in [-0.15, -0.1) is 0 Å². The Morgan fingerprint density at radius 2 is 1.81 bits per heavy atom. The fraction of sp³-hybridized carbons (Fsp3) is 0.440. The monoisotopic (exact) mass is 440 g/mol. The highest BCUT2D eigenvalue weighted by Gasteiger charge is 2.31. The van der Waals surface area contributed by atoms with Gasteiger partial charge in [0.15, 0.2) is 0 Å². The van der Waals surface area contributed by atoms with Gasteiger partial charge in [-0.1, -0.05) is 49.4 Å². The summed E-state index contributed by atoms with van der Waals surface area (Å²) in [6.07, 6.45) is -0.783. The van der Waals surface area contributed by atoms with E-state index in [1.165, 1.54) is 12.0 Å². The predicted molar refractivity (Wildman–Crippen MR) is 122 cm³/mol. The summed E-state index contributed by atoms with van der Waals surface area (Å²) in [5.41, 5.74) is 3.33. The molecule has 1 aliphatic heterocycles. The summed E-state index contributed by atoms with van der Waals surface area (Å²) in [5.74, 6) is -0.233. The highest BCUT2D eigenvalue weighted by atomic mass is 16.5. The van der Waals surface area contributed by atoms with E-state index in [9.17, 15) is 14.7 Å². The van der Waals surface area contributed by atoms with Gasteiger partial charge in [0, 0.05) is 25.1 Å². The lowest BCUT2D eigenvalue weighted by Crippen LogP contribution is -2.47. The molecule has 172 valence electrons. The second-order valence-corrected chi connectivity index (χ2v) is 8.37. The number of nitrogens with zero attached hydrogens (tertiary/aromatic N) is 2. The van der Waals surface area contributed by atoms with Gasteiger partial charge in [-0.3, -0.25) is 4.79 Å². The summed E-state index contributed by atoms with van der Waals surface area (Å²) in [5, 5.41) is 9.86. The Morgan fingerprint density at radius 1 is 1.19 bits per heavy atom. The molecule has 2 amide bonds. The third kappa shape index (κ3) is 5.11. The third-order valence-corrected chi connectivity index (χ3v) is 6.03. The Kier molecular flexibility index (Phi) is 7.88. The van der Waals surface area contributed by atoms with Crippen LogP contribution >= 0.6 is 0 Å². The lowest BCUT2D eigenvalue weighted by Gasteiger charge is -2.34. The van der Waals surface area contributed by atoms with Crippen LogP contribution in [0.25, 0.3) is 11.1 Å². The summed E-state index contributed by atoms with van der Waals surface area (Å²) >= 11 is 0. The van der Waals surface area contributed by atoms with Crippen LogP contribution in [0, 0.1) is 5.92 Å². The normalized spacial score (nSPS) is 19.9. The first kappa shape index (κ1) is 23.8. The molecule has 2 aromatic rings. The van der Waals surface area contributed by atoms with E-state index in [0.29, 0.717) is 25.3 Å².